The number of aliphatic hydroxyl groups excluding tert-OH is 1. The summed E-state index contributed by atoms with van der Waals surface area (Å²) in [4.78, 5) is 0. The number of ether oxygens (including phenoxy) is 3. The number of hydrogen-bond acceptors (Lipinski definition) is 4. The lowest BCUT2D eigenvalue weighted by Gasteiger charge is -2.25. The Morgan fingerprint density at radius 3 is 1.65 bits per heavy atom. The largest absolute Gasteiger partial charge is 0.393 e. The van der Waals surface area contributed by atoms with Gasteiger partial charge in [-0.05, 0) is 53.0 Å². The lowest BCUT2D eigenvalue weighted by molar-refractivity contribution is 0.0348. The first kappa shape index (κ1) is 24.6. The van der Waals surface area contributed by atoms with Gasteiger partial charge in [-0.15, -0.1) is 0 Å². The van der Waals surface area contributed by atoms with Crippen molar-refractivity contribution in [1.29, 1.82) is 0 Å². The number of aliphatic hydroxyl groups is 1. The minimum atomic E-state index is -0.148. The smallest absolute Gasteiger partial charge is 0.0721 e. The molecule has 1 unspecified atom stereocenters. The number of rotatable bonds is 12. The van der Waals surface area contributed by atoms with E-state index < -0.39 is 0 Å². The summed E-state index contributed by atoms with van der Waals surface area (Å²) in [6.07, 6.45) is 3.92. The van der Waals surface area contributed by atoms with E-state index in [-0.39, 0.29) is 6.10 Å². The third-order valence-electron chi connectivity index (χ3n) is 6.28. The monoisotopic (exact) mass is 460 g/mol. The molecule has 0 bridgehead atoms. The van der Waals surface area contributed by atoms with Crippen LogP contribution in [0.15, 0.2) is 78.9 Å². The van der Waals surface area contributed by atoms with Crippen LogP contribution in [0.1, 0.15) is 53.5 Å². The minimum Gasteiger partial charge on any atom is -0.393 e. The average Bonchev–Trinajstić information content (AvgIpc) is 2.85. The second-order valence-corrected chi connectivity index (χ2v) is 9.31. The lowest BCUT2D eigenvalue weighted by atomic mass is 9.88. The standard InChI is InChI=1S/C30H36O4/c31-30-14-6-13-29(17-30)23-34-22-28-12-5-11-27(16-28)21-33-20-26-10-4-9-25(15-26)19-32-18-24-7-2-1-3-8-24/h1-5,7-12,15-16,29-31H,6,13-14,17-23H2/t29?,30-/m1/s1. The maximum atomic E-state index is 9.82. The van der Waals surface area contributed by atoms with E-state index in [1.54, 1.807) is 0 Å². The van der Waals surface area contributed by atoms with Crippen LogP contribution in [0.2, 0.25) is 0 Å². The fourth-order valence-electron chi connectivity index (χ4n) is 4.52. The Morgan fingerprint density at radius 2 is 1.09 bits per heavy atom. The SMILES string of the molecule is O[C@@H]1CCCC(COCc2cccc(COCc3cccc(COCc4ccccc4)c3)c2)C1. The van der Waals surface area contributed by atoms with E-state index in [0.717, 1.165) is 54.5 Å². The van der Waals surface area contributed by atoms with E-state index in [4.69, 9.17) is 14.2 Å². The zero-order valence-electron chi connectivity index (χ0n) is 19.9. The highest BCUT2D eigenvalue weighted by Crippen LogP contribution is 2.24. The molecule has 0 saturated heterocycles. The first-order valence-corrected chi connectivity index (χ1v) is 12.4. The van der Waals surface area contributed by atoms with Crippen molar-refractivity contribution in [3.05, 3.63) is 107 Å². The van der Waals surface area contributed by atoms with Gasteiger partial charge in [0, 0.05) is 6.61 Å². The fraction of sp³-hybridized carbons (Fsp3) is 0.400. The van der Waals surface area contributed by atoms with Gasteiger partial charge in [-0.1, -0.05) is 85.3 Å². The number of benzene rings is 3. The van der Waals surface area contributed by atoms with Crippen LogP contribution in [0.3, 0.4) is 0 Å². The predicted molar refractivity (Wildman–Crippen MR) is 134 cm³/mol. The van der Waals surface area contributed by atoms with Crippen molar-refractivity contribution in [1.82, 2.24) is 0 Å². The molecule has 3 aromatic rings. The van der Waals surface area contributed by atoms with Crippen molar-refractivity contribution >= 4 is 0 Å². The van der Waals surface area contributed by atoms with E-state index in [9.17, 15) is 5.11 Å². The second-order valence-electron chi connectivity index (χ2n) is 9.31. The molecule has 34 heavy (non-hydrogen) atoms. The topological polar surface area (TPSA) is 47.9 Å². The summed E-state index contributed by atoms with van der Waals surface area (Å²) in [6, 6.07) is 27.0. The molecule has 0 aliphatic heterocycles. The summed E-state index contributed by atoms with van der Waals surface area (Å²) in [5, 5.41) is 9.82. The van der Waals surface area contributed by atoms with Crippen LogP contribution in [-0.4, -0.2) is 17.8 Å². The predicted octanol–water partition coefficient (Wildman–Crippen LogP) is 6.19. The maximum Gasteiger partial charge on any atom is 0.0721 e. The molecule has 0 radical (unpaired) electrons. The van der Waals surface area contributed by atoms with E-state index in [1.807, 2.05) is 18.2 Å². The Morgan fingerprint density at radius 1 is 0.588 bits per heavy atom. The quantitative estimate of drug-likeness (QED) is 0.350. The molecular weight excluding hydrogens is 424 g/mol. The summed E-state index contributed by atoms with van der Waals surface area (Å²) in [7, 11) is 0. The summed E-state index contributed by atoms with van der Waals surface area (Å²) in [6.45, 7) is 3.66. The fourth-order valence-corrected chi connectivity index (χ4v) is 4.52. The normalized spacial score (nSPS) is 18.1. The molecule has 0 spiro atoms. The molecule has 4 nitrogen and oxygen atoms in total. The molecule has 1 aliphatic carbocycles. The summed E-state index contributed by atoms with van der Waals surface area (Å²) >= 11 is 0. The molecule has 0 amide bonds. The second kappa shape index (κ2) is 13.4. The van der Waals surface area contributed by atoms with Gasteiger partial charge in [0.1, 0.15) is 0 Å². The molecule has 3 aromatic carbocycles. The summed E-state index contributed by atoms with van der Waals surface area (Å²) < 4.78 is 17.8. The Hall–Kier alpha value is -2.50. The molecule has 4 rings (SSSR count). The van der Waals surface area contributed by atoms with E-state index in [2.05, 4.69) is 60.7 Å². The Labute approximate surface area is 203 Å². The van der Waals surface area contributed by atoms with Crippen molar-refractivity contribution in [2.75, 3.05) is 6.61 Å². The highest BCUT2D eigenvalue weighted by molar-refractivity contribution is 5.24. The Bertz CT molecular complexity index is 988. The van der Waals surface area contributed by atoms with Crippen molar-refractivity contribution in [3.8, 4) is 0 Å². The molecule has 1 aliphatic rings. The van der Waals surface area contributed by atoms with Crippen LogP contribution in [-0.2, 0) is 47.2 Å². The molecule has 4 heteroatoms. The first-order chi connectivity index (χ1) is 16.7. The van der Waals surface area contributed by atoms with Crippen LogP contribution in [0.4, 0.5) is 0 Å². The van der Waals surface area contributed by atoms with Gasteiger partial charge < -0.3 is 19.3 Å². The van der Waals surface area contributed by atoms with Crippen LogP contribution >= 0.6 is 0 Å². The highest BCUT2D eigenvalue weighted by atomic mass is 16.5. The molecule has 2 atom stereocenters. The van der Waals surface area contributed by atoms with Gasteiger partial charge in [0.25, 0.3) is 0 Å². The maximum absolute atomic E-state index is 9.82. The molecule has 0 heterocycles. The summed E-state index contributed by atoms with van der Waals surface area (Å²) in [5.41, 5.74) is 5.80. The zero-order chi connectivity index (χ0) is 23.4. The summed E-state index contributed by atoms with van der Waals surface area (Å²) in [5.74, 6) is 0.481. The lowest BCUT2D eigenvalue weighted by Crippen LogP contribution is -2.22. The third-order valence-corrected chi connectivity index (χ3v) is 6.28. The highest BCUT2D eigenvalue weighted by Gasteiger charge is 2.20. The van der Waals surface area contributed by atoms with Gasteiger partial charge in [-0.3, -0.25) is 0 Å². The van der Waals surface area contributed by atoms with E-state index in [0.29, 0.717) is 39.0 Å². The molecular formula is C30H36O4. The van der Waals surface area contributed by atoms with E-state index >= 15 is 0 Å². The van der Waals surface area contributed by atoms with Crippen LogP contribution in [0.5, 0.6) is 0 Å². The van der Waals surface area contributed by atoms with Crippen molar-refractivity contribution in [2.24, 2.45) is 5.92 Å². The molecule has 180 valence electrons. The third kappa shape index (κ3) is 8.37. The average molecular weight is 461 g/mol. The van der Waals surface area contributed by atoms with Gasteiger partial charge in [-0.2, -0.15) is 0 Å². The van der Waals surface area contributed by atoms with Gasteiger partial charge in [0.15, 0.2) is 0 Å². The van der Waals surface area contributed by atoms with Crippen LogP contribution in [0.25, 0.3) is 0 Å². The first-order valence-electron chi connectivity index (χ1n) is 12.4. The Kier molecular flexibility index (Phi) is 9.71. The van der Waals surface area contributed by atoms with Gasteiger partial charge in [0.05, 0.1) is 39.1 Å². The molecule has 1 saturated carbocycles. The van der Waals surface area contributed by atoms with Crippen molar-refractivity contribution < 1.29 is 19.3 Å². The molecule has 1 N–H and O–H groups in total. The zero-order valence-corrected chi connectivity index (χ0v) is 19.9. The molecule has 1 fully saturated rings. The van der Waals surface area contributed by atoms with Crippen LogP contribution in [0, 0.1) is 5.92 Å². The van der Waals surface area contributed by atoms with Gasteiger partial charge in [0.2, 0.25) is 0 Å². The van der Waals surface area contributed by atoms with Crippen molar-refractivity contribution in [3.63, 3.8) is 0 Å². The minimum absolute atomic E-state index is 0.148. The van der Waals surface area contributed by atoms with Crippen LogP contribution < -0.4 is 0 Å². The van der Waals surface area contributed by atoms with Gasteiger partial charge in [-0.25, -0.2) is 0 Å². The number of hydrogen-bond donors (Lipinski definition) is 1. The van der Waals surface area contributed by atoms with Crippen molar-refractivity contribution in [2.45, 2.75) is 64.8 Å². The molecule has 0 aromatic heterocycles. The Balaban J connectivity index is 1.17. The van der Waals surface area contributed by atoms with Gasteiger partial charge >= 0.3 is 0 Å². The van der Waals surface area contributed by atoms with E-state index in [1.165, 1.54) is 5.56 Å².